The van der Waals surface area contributed by atoms with Gasteiger partial charge in [-0.25, -0.2) is 4.79 Å². The average Bonchev–Trinajstić information content (AvgIpc) is 3.93. The van der Waals surface area contributed by atoms with Gasteiger partial charge in [0.1, 0.15) is 6.04 Å². The Morgan fingerprint density at radius 2 is 1.58 bits per heavy atom. The van der Waals surface area contributed by atoms with E-state index in [2.05, 4.69) is 36.2 Å². The van der Waals surface area contributed by atoms with Gasteiger partial charge >= 0.3 is 30.0 Å². The van der Waals surface area contributed by atoms with Crippen molar-refractivity contribution in [2.75, 3.05) is 42.8 Å². The number of likely N-dealkylation sites (N-methyl/N-ethyl adjacent to an activating group) is 1. The molecule has 18 heteroatoms. The predicted molar refractivity (Wildman–Crippen MR) is 188 cm³/mol. The van der Waals surface area contributed by atoms with Crippen LogP contribution in [0.4, 0.5) is 36.4 Å². The zero-order chi connectivity index (χ0) is 38.2. The molecule has 4 aromatic rings. The quantitative estimate of drug-likeness (QED) is 0.103. The molecule has 5 rings (SSSR count). The molecule has 0 saturated heterocycles. The summed E-state index contributed by atoms with van der Waals surface area (Å²) in [5.41, 5.74) is 1.35. The predicted octanol–water partition coefficient (Wildman–Crippen LogP) is 4.75. The molecule has 1 saturated carbocycles. The van der Waals surface area contributed by atoms with Gasteiger partial charge < -0.3 is 35.6 Å². The number of carbonyl (C=O) groups is 4. The van der Waals surface area contributed by atoms with E-state index < -0.39 is 54.1 Å². The van der Waals surface area contributed by atoms with Gasteiger partial charge in [0.2, 0.25) is 11.9 Å². The van der Waals surface area contributed by atoms with Crippen LogP contribution in [0.25, 0.3) is 0 Å². The fourth-order valence-corrected chi connectivity index (χ4v) is 5.19. The van der Waals surface area contributed by atoms with Gasteiger partial charge in [-0.15, -0.1) is 0 Å². The van der Waals surface area contributed by atoms with Gasteiger partial charge in [0, 0.05) is 35.6 Å². The molecule has 1 aromatic heterocycles. The van der Waals surface area contributed by atoms with Crippen molar-refractivity contribution >= 4 is 58.6 Å². The molecule has 53 heavy (non-hydrogen) atoms. The van der Waals surface area contributed by atoms with Gasteiger partial charge in [0.25, 0.3) is 5.91 Å². The zero-order valence-electron chi connectivity index (χ0n) is 28.4. The summed E-state index contributed by atoms with van der Waals surface area (Å²) in [6.07, 6.45) is -3.30. The number of amides is 3. The number of anilines is 4. The maximum atomic E-state index is 13.1. The van der Waals surface area contributed by atoms with Crippen molar-refractivity contribution in [1.29, 1.82) is 0 Å². The van der Waals surface area contributed by atoms with E-state index in [1.54, 1.807) is 42.5 Å². The fourth-order valence-electron chi connectivity index (χ4n) is 5.07. The van der Waals surface area contributed by atoms with Crippen LogP contribution >= 0.6 is 11.6 Å². The van der Waals surface area contributed by atoms with Crippen LogP contribution in [0.2, 0.25) is 5.02 Å². The first kappa shape index (κ1) is 38.3. The molecule has 1 aliphatic carbocycles. The first-order chi connectivity index (χ1) is 25.2. The highest BCUT2D eigenvalue weighted by molar-refractivity contribution is 6.40. The lowest BCUT2D eigenvalue weighted by molar-refractivity contribution is -0.154. The lowest BCUT2D eigenvalue weighted by atomic mass is 10.1. The van der Waals surface area contributed by atoms with Crippen molar-refractivity contribution in [3.8, 4) is 6.01 Å². The number of halogens is 4. The second-order valence-corrected chi connectivity index (χ2v) is 12.3. The number of benzene rings is 3. The minimum atomic E-state index is -4.63. The SMILES string of the molecule is COC(=O)[C@H](CCNC(=O)C(=O)N(C)c1ccccc1)NC(=O)c1ccc(Nc2nc(NC3(c4ccc(Cl)cc4)CC3)nc(OCC(F)(F)F)n2)cc1. The molecule has 3 amide bonds. The maximum Gasteiger partial charge on any atom is 0.422 e. The van der Waals surface area contributed by atoms with Crippen LogP contribution < -0.4 is 30.9 Å². The Balaban J connectivity index is 1.22. The van der Waals surface area contributed by atoms with Crippen molar-refractivity contribution < 1.29 is 41.8 Å². The molecule has 3 aromatic carbocycles. The van der Waals surface area contributed by atoms with E-state index in [4.69, 9.17) is 21.1 Å². The van der Waals surface area contributed by atoms with Crippen molar-refractivity contribution in [1.82, 2.24) is 25.6 Å². The standard InChI is InChI=1S/C35H34ClF3N8O6/c1-47(25-6-4-3-5-7-25)29(50)28(49)40-19-16-26(30(51)52-2)42-27(48)21-8-14-24(15-9-21)41-31-43-32(45-33(44-31)53-20-35(37,38)39)46-34(17-18-34)22-10-12-23(36)13-11-22/h3-15,26H,16-20H2,1-2H3,(H,40,49)(H,42,48)(H2,41,43,44,45,46)/t26-/m0/s1. The van der Waals surface area contributed by atoms with Gasteiger partial charge in [0.05, 0.1) is 12.6 Å². The van der Waals surface area contributed by atoms with E-state index >= 15 is 0 Å². The summed E-state index contributed by atoms with van der Waals surface area (Å²) in [7, 11) is 2.59. The second kappa shape index (κ2) is 16.6. The highest BCUT2D eigenvalue weighted by Crippen LogP contribution is 2.48. The molecule has 14 nitrogen and oxygen atoms in total. The summed E-state index contributed by atoms with van der Waals surface area (Å²) in [5.74, 6) is -3.30. The highest BCUT2D eigenvalue weighted by Gasteiger charge is 2.45. The summed E-state index contributed by atoms with van der Waals surface area (Å²) in [4.78, 5) is 64.0. The number of nitrogens with one attached hydrogen (secondary N) is 4. The molecule has 1 atom stereocenters. The first-order valence-corrected chi connectivity index (χ1v) is 16.5. The Morgan fingerprint density at radius 1 is 0.925 bits per heavy atom. The lowest BCUT2D eigenvalue weighted by Gasteiger charge is -2.19. The van der Waals surface area contributed by atoms with Crippen LogP contribution in [0.15, 0.2) is 78.9 Å². The van der Waals surface area contributed by atoms with Crippen molar-refractivity contribution in [2.45, 2.75) is 37.0 Å². The zero-order valence-corrected chi connectivity index (χ0v) is 29.1. The van der Waals surface area contributed by atoms with E-state index in [1.165, 1.54) is 36.2 Å². The van der Waals surface area contributed by atoms with E-state index in [0.717, 1.165) is 12.7 Å². The van der Waals surface area contributed by atoms with Crippen molar-refractivity contribution in [2.24, 2.45) is 0 Å². The number of hydrogen-bond donors (Lipinski definition) is 4. The van der Waals surface area contributed by atoms with E-state index in [1.807, 2.05) is 12.1 Å². The number of hydrogen-bond acceptors (Lipinski definition) is 11. The number of rotatable bonds is 14. The lowest BCUT2D eigenvalue weighted by Crippen LogP contribution is -2.46. The van der Waals surface area contributed by atoms with E-state index in [0.29, 0.717) is 29.2 Å². The number of esters is 1. The van der Waals surface area contributed by atoms with Crippen molar-refractivity contribution in [3.05, 3.63) is 95.0 Å². The number of methoxy groups -OCH3 is 1. The topological polar surface area (TPSA) is 177 Å². The Kier molecular flexibility index (Phi) is 12.0. The molecule has 0 spiro atoms. The molecule has 1 fully saturated rings. The van der Waals surface area contributed by atoms with E-state index in [-0.39, 0.29) is 30.4 Å². The molecule has 0 radical (unpaired) electrons. The molecular weight excluding hydrogens is 721 g/mol. The van der Waals surface area contributed by atoms with Gasteiger partial charge in [-0.1, -0.05) is 41.9 Å². The third-order valence-corrected chi connectivity index (χ3v) is 8.28. The Morgan fingerprint density at radius 3 is 2.21 bits per heavy atom. The van der Waals surface area contributed by atoms with Crippen LogP contribution in [0.1, 0.15) is 35.2 Å². The number of aromatic nitrogens is 3. The average molecular weight is 755 g/mol. The first-order valence-electron chi connectivity index (χ1n) is 16.1. The number of para-hydroxylation sites is 1. The minimum absolute atomic E-state index is 0.0271. The minimum Gasteiger partial charge on any atom is -0.467 e. The second-order valence-electron chi connectivity index (χ2n) is 11.9. The summed E-state index contributed by atoms with van der Waals surface area (Å²) >= 11 is 6.03. The summed E-state index contributed by atoms with van der Waals surface area (Å²) in [6.45, 7) is -1.75. The monoisotopic (exact) mass is 754 g/mol. The van der Waals surface area contributed by atoms with Crippen LogP contribution in [0, 0.1) is 0 Å². The largest absolute Gasteiger partial charge is 0.467 e. The van der Waals surface area contributed by atoms with Crippen LogP contribution in [0.5, 0.6) is 6.01 Å². The fraction of sp³-hybridized carbons (Fsp3) is 0.286. The molecule has 1 heterocycles. The summed E-state index contributed by atoms with van der Waals surface area (Å²) < 4.78 is 48.5. The van der Waals surface area contributed by atoms with Gasteiger partial charge in [-0.2, -0.15) is 28.1 Å². The highest BCUT2D eigenvalue weighted by atomic mass is 35.5. The van der Waals surface area contributed by atoms with Crippen LogP contribution in [0.3, 0.4) is 0 Å². The normalized spacial score (nSPS) is 13.5. The summed E-state index contributed by atoms with van der Waals surface area (Å²) in [6, 6.07) is 19.8. The molecule has 0 bridgehead atoms. The molecule has 278 valence electrons. The van der Waals surface area contributed by atoms with Crippen molar-refractivity contribution in [3.63, 3.8) is 0 Å². The smallest absolute Gasteiger partial charge is 0.422 e. The summed E-state index contributed by atoms with van der Waals surface area (Å²) in [5, 5.41) is 11.6. The molecule has 0 unspecified atom stereocenters. The third kappa shape index (κ3) is 10.5. The van der Waals surface area contributed by atoms with Crippen LogP contribution in [-0.4, -0.2) is 78.2 Å². The van der Waals surface area contributed by atoms with Gasteiger partial charge in [0.15, 0.2) is 6.61 Å². The number of alkyl halides is 3. The maximum absolute atomic E-state index is 13.1. The van der Waals surface area contributed by atoms with Crippen LogP contribution in [-0.2, 0) is 24.7 Å². The molecule has 0 aliphatic heterocycles. The molecule has 4 N–H and O–H groups in total. The van der Waals surface area contributed by atoms with Gasteiger partial charge in [-0.05, 0) is 73.4 Å². The molecule has 1 aliphatic rings. The number of ether oxygens (including phenoxy) is 2. The van der Waals surface area contributed by atoms with E-state index in [9.17, 15) is 32.3 Å². The third-order valence-electron chi connectivity index (χ3n) is 8.03. The Bertz CT molecular complexity index is 1930. The Labute approximate surface area is 306 Å². The molecular formula is C35H34ClF3N8O6. The number of nitrogens with zero attached hydrogens (tertiary/aromatic N) is 4. The van der Waals surface area contributed by atoms with Gasteiger partial charge in [-0.3, -0.25) is 14.4 Å². The Hall–Kier alpha value is -5.97. The number of carbonyl (C=O) groups excluding carboxylic acids is 4.